The smallest absolute Gasteiger partial charge is 0.217 e. The standard InChI is InChI=1S/C36H61N3O19/c1-11-24(43)19(37-16(6)40)9-21(50-11)55-31-27(46)14(4)54-36(29(31)48)57-30-15(5)52-34(49)33(58-35-23(39-18(8)42)28(47)26(45)13(3)53-35)32(30)56-22-10-20(38-17(7)41)25(44)12(2)51-22/h11-15,19-36,43-49H,9-10H2,1-8H3,(H,37,40)(H,38,41)(H,39,42)/t11-,12-,13-,14-,15-,19-,20-,21+,22+,23-,24-,25-,26-,27-,28-,29-,30-,31+,32+,33-,34?,35+,36+/m1/s1. The molecule has 0 saturated carbocycles. The Morgan fingerprint density at radius 1 is 0.448 bits per heavy atom. The first kappa shape index (κ1) is 46.8. The maximum Gasteiger partial charge on any atom is 0.217 e. The lowest BCUT2D eigenvalue weighted by Gasteiger charge is -2.50. The molecule has 23 atom stereocenters. The summed E-state index contributed by atoms with van der Waals surface area (Å²) in [7, 11) is 0. The molecule has 3 amide bonds. The molecular formula is C36H61N3O19. The Kier molecular flexibility index (Phi) is 15.9. The molecule has 5 saturated heterocycles. The van der Waals surface area contributed by atoms with Gasteiger partial charge in [-0.3, -0.25) is 14.4 Å². The number of carbonyl (C=O) groups is 3. The Hall–Kier alpha value is -2.23. The Bertz CT molecular complexity index is 1400. The van der Waals surface area contributed by atoms with Gasteiger partial charge >= 0.3 is 0 Å². The highest BCUT2D eigenvalue weighted by Gasteiger charge is 2.55. The van der Waals surface area contributed by atoms with Crippen LogP contribution in [0, 0.1) is 0 Å². The molecule has 0 radical (unpaired) electrons. The van der Waals surface area contributed by atoms with Crippen LogP contribution in [-0.4, -0.2) is 195 Å². The van der Waals surface area contributed by atoms with Crippen molar-refractivity contribution in [3.63, 3.8) is 0 Å². The van der Waals surface area contributed by atoms with Crippen molar-refractivity contribution < 1.29 is 92.8 Å². The van der Waals surface area contributed by atoms with E-state index in [1.165, 1.54) is 41.5 Å². The monoisotopic (exact) mass is 839 g/mol. The molecule has 334 valence electrons. The summed E-state index contributed by atoms with van der Waals surface area (Å²) in [6.45, 7) is 11.4. The lowest BCUT2D eigenvalue weighted by Crippen LogP contribution is -2.68. The summed E-state index contributed by atoms with van der Waals surface area (Å²) < 4.78 is 54.7. The zero-order valence-corrected chi connectivity index (χ0v) is 33.7. The largest absolute Gasteiger partial charge is 0.388 e. The van der Waals surface area contributed by atoms with Crippen LogP contribution in [-0.2, 0) is 57.0 Å². The number of carbonyl (C=O) groups excluding carboxylic acids is 3. The van der Waals surface area contributed by atoms with Crippen LogP contribution in [0.2, 0.25) is 0 Å². The fraction of sp³-hybridized carbons (Fsp3) is 0.917. The van der Waals surface area contributed by atoms with Gasteiger partial charge in [0.25, 0.3) is 0 Å². The summed E-state index contributed by atoms with van der Waals surface area (Å²) in [5.74, 6) is -1.41. The molecule has 58 heavy (non-hydrogen) atoms. The maximum absolute atomic E-state index is 12.2. The van der Waals surface area contributed by atoms with Gasteiger partial charge in [-0.15, -0.1) is 0 Å². The summed E-state index contributed by atoms with van der Waals surface area (Å²) in [5.41, 5.74) is 0. The van der Waals surface area contributed by atoms with Crippen LogP contribution in [0.1, 0.15) is 68.2 Å². The molecule has 0 aromatic carbocycles. The number of aliphatic hydroxyl groups is 7. The van der Waals surface area contributed by atoms with Crippen molar-refractivity contribution in [1.29, 1.82) is 0 Å². The van der Waals surface area contributed by atoms with Gasteiger partial charge in [-0.1, -0.05) is 0 Å². The van der Waals surface area contributed by atoms with E-state index >= 15 is 0 Å². The van der Waals surface area contributed by atoms with Crippen LogP contribution in [0.25, 0.3) is 0 Å². The molecule has 0 spiro atoms. The number of amides is 3. The van der Waals surface area contributed by atoms with E-state index in [-0.39, 0.29) is 12.8 Å². The first-order valence-corrected chi connectivity index (χ1v) is 19.6. The van der Waals surface area contributed by atoms with Gasteiger partial charge in [-0.05, 0) is 34.6 Å². The van der Waals surface area contributed by atoms with E-state index in [2.05, 4.69) is 16.0 Å². The highest BCUT2D eigenvalue weighted by atomic mass is 16.8. The van der Waals surface area contributed by atoms with Crippen LogP contribution in [0.3, 0.4) is 0 Å². The van der Waals surface area contributed by atoms with Gasteiger partial charge in [0.15, 0.2) is 31.5 Å². The maximum atomic E-state index is 12.2. The molecule has 5 fully saturated rings. The van der Waals surface area contributed by atoms with Crippen LogP contribution in [0.4, 0.5) is 0 Å². The summed E-state index contributed by atoms with van der Waals surface area (Å²) in [5, 5.41) is 85.0. The summed E-state index contributed by atoms with van der Waals surface area (Å²) >= 11 is 0. The van der Waals surface area contributed by atoms with Gasteiger partial charge in [-0.2, -0.15) is 0 Å². The SMILES string of the molecule is CC(=O)N[C@H]1[C@H](O[C@H]2C(O)O[C@H](C)[C@@H](O[C@@H]3O[C@H](C)[C@@H](O)[C@H](O[C@H]4C[C@@H](NC(C)=O)[C@H](O)[C@@H](C)O4)[C@H]3O)[C@@H]2O[C@H]2C[C@@H](NC(C)=O)[C@H](O)[C@@H](C)O2)O[C@H](C)[C@@H](O)[C@@H]1O. The third kappa shape index (κ3) is 10.8. The minimum Gasteiger partial charge on any atom is -0.388 e. The number of ether oxygens (including phenoxy) is 9. The van der Waals surface area contributed by atoms with Crippen molar-refractivity contribution >= 4 is 17.7 Å². The quantitative estimate of drug-likeness (QED) is 0.0941. The molecule has 5 rings (SSSR count). The lowest BCUT2D eigenvalue weighted by molar-refractivity contribution is -0.392. The highest BCUT2D eigenvalue weighted by molar-refractivity contribution is 5.74. The number of aliphatic hydroxyl groups excluding tert-OH is 7. The van der Waals surface area contributed by atoms with Crippen LogP contribution in [0.15, 0.2) is 0 Å². The van der Waals surface area contributed by atoms with Gasteiger partial charge in [0.05, 0.1) is 42.6 Å². The van der Waals surface area contributed by atoms with Crippen molar-refractivity contribution in [2.75, 3.05) is 0 Å². The van der Waals surface area contributed by atoms with E-state index < -0.39 is 159 Å². The van der Waals surface area contributed by atoms with E-state index in [1.807, 2.05) is 0 Å². The van der Waals surface area contributed by atoms with Gasteiger partial charge in [-0.25, -0.2) is 0 Å². The van der Waals surface area contributed by atoms with Crippen molar-refractivity contribution in [3.8, 4) is 0 Å². The third-order valence-electron chi connectivity index (χ3n) is 11.1. The minimum atomic E-state index is -1.79. The Labute approximate surface area is 335 Å². The molecule has 5 aliphatic rings. The third-order valence-corrected chi connectivity index (χ3v) is 11.1. The highest BCUT2D eigenvalue weighted by Crippen LogP contribution is 2.37. The summed E-state index contributed by atoms with van der Waals surface area (Å²) in [6.07, 6.45) is -26.0. The fourth-order valence-corrected chi connectivity index (χ4v) is 8.03. The number of hydrogen-bond acceptors (Lipinski definition) is 19. The fourth-order valence-electron chi connectivity index (χ4n) is 8.03. The second-order valence-electron chi connectivity index (χ2n) is 15.9. The van der Waals surface area contributed by atoms with Crippen LogP contribution in [0.5, 0.6) is 0 Å². The summed E-state index contributed by atoms with van der Waals surface area (Å²) in [6, 6.07) is -2.93. The Morgan fingerprint density at radius 3 is 1.41 bits per heavy atom. The van der Waals surface area contributed by atoms with E-state index in [1.54, 1.807) is 13.8 Å². The predicted molar refractivity (Wildman–Crippen MR) is 191 cm³/mol. The first-order chi connectivity index (χ1) is 27.2. The molecule has 22 heteroatoms. The van der Waals surface area contributed by atoms with Crippen molar-refractivity contribution in [3.05, 3.63) is 0 Å². The average molecular weight is 840 g/mol. The minimum absolute atomic E-state index is 0.0246. The normalized spacial score (nSPS) is 48.8. The molecular weight excluding hydrogens is 778 g/mol. The number of rotatable bonds is 11. The molecule has 0 aromatic rings. The molecule has 10 N–H and O–H groups in total. The van der Waals surface area contributed by atoms with Gasteiger partial charge in [0.2, 0.25) is 17.7 Å². The number of hydrogen-bond donors (Lipinski definition) is 10. The van der Waals surface area contributed by atoms with Crippen LogP contribution >= 0.6 is 0 Å². The molecule has 5 heterocycles. The van der Waals surface area contributed by atoms with E-state index in [9.17, 15) is 50.1 Å². The Balaban J connectivity index is 1.44. The van der Waals surface area contributed by atoms with Gasteiger partial charge < -0.3 is 94.3 Å². The first-order valence-electron chi connectivity index (χ1n) is 19.6. The molecule has 0 aromatic heterocycles. The second kappa shape index (κ2) is 19.6. The van der Waals surface area contributed by atoms with Gasteiger partial charge in [0.1, 0.15) is 67.1 Å². The van der Waals surface area contributed by atoms with E-state index in [0.29, 0.717) is 0 Å². The molecule has 1 unspecified atom stereocenters. The molecule has 0 bridgehead atoms. The molecule has 22 nitrogen and oxygen atoms in total. The summed E-state index contributed by atoms with van der Waals surface area (Å²) in [4.78, 5) is 36.0. The Morgan fingerprint density at radius 2 is 0.897 bits per heavy atom. The predicted octanol–water partition coefficient (Wildman–Crippen LogP) is -4.30. The zero-order chi connectivity index (χ0) is 42.9. The molecule has 0 aliphatic carbocycles. The van der Waals surface area contributed by atoms with Crippen molar-refractivity contribution in [2.24, 2.45) is 0 Å². The second-order valence-corrected chi connectivity index (χ2v) is 15.9. The number of nitrogens with one attached hydrogen (secondary N) is 3. The van der Waals surface area contributed by atoms with E-state index in [0.717, 1.165) is 0 Å². The van der Waals surface area contributed by atoms with Crippen LogP contribution < -0.4 is 16.0 Å². The lowest BCUT2D eigenvalue weighted by atomic mass is 9.95. The van der Waals surface area contributed by atoms with Crippen molar-refractivity contribution in [2.45, 2.75) is 209 Å². The van der Waals surface area contributed by atoms with Crippen molar-refractivity contribution in [1.82, 2.24) is 16.0 Å². The van der Waals surface area contributed by atoms with E-state index in [4.69, 9.17) is 42.6 Å². The average Bonchev–Trinajstić information content (AvgIpc) is 3.12. The van der Waals surface area contributed by atoms with Gasteiger partial charge in [0, 0.05) is 33.6 Å². The molecule has 5 aliphatic heterocycles. The zero-order valence-electron chi connectivity index (χ0n) is 33.7. The topological polar surface area (TPSA) is 312 Å².